The van der Waals surface area contributed by atoms with Gasteiger partial charge < -0.3 is 10.2 Å². The van der Waals surface area contributed by atoms with Gasteiger partial charge in [0.25, 0.3) is 0 Å². The van der Waals surface area contributed by atoms with E-state index in [1.54, 1.807) is 7.05 Å². The molecule has 1 aliphatic heterocycles. The van der Waals surface area contributed by atoms with Crippen LogP contribution in [0.4, 0.5) is 14.5 Å². The van der Waals surface area contributed by atoms with Crippen LogP contribution in [0.1, 0.15) is 31.7 Å². The lowest BCUT2D eigenvalue weighted by molar-refractivity contribution is 0.552. The molecule has 0 aliphatic carbocycles. The van der Waals surface area contributed by atoms with Crippen molar-refractivity contribution in [1.29, 1.82) is 0 Å². The second-order valence-electron chi connectivity index (χ2n) is 4.84. The zero-order valence-electron chi connectivity index (χ0n) is 11.0. The van der Waals surface area contributed by atoms with E-state index < -0.39 is 11.6 Å². The van der Waals surface area contributed by atoms with E-state index in [1.807, 2.05) is 4.90 Å². The normalized spacial score (nSPS) is 19.6. The van der Waals surface area contributed by atoms with E-state index in [0.717, 1.165) is 25.8 Å². The van der Waals surface area contributed by atoms with Crippen LogP contribution in [0.5, 0.6) is 0 Å². The zero-order valence-corrected chi connectivity index (χ0v) is 11.0. The standard InChI is InChI=1S/C14H20F2N2/c1-3-11-5-4-6-18(11)14-12(15)7-10(9-17-2)8-13(14)16/h7-8,11,17H,3-6,9H2,1-2H3. The van der Waals surface area contributed by atoms with Gasteiger partial charge in [0.1, 0.15) is 17.3 Å². The molecule has 0 radical (unpaired) electrons. The van der Waals surface area contributed by atoms with Gasteiger partial charge in [0.05, 0.1) is 0 Å². The summed E-state index contributed by atoms with van der Waals surface area (Å²) in [6, 6.07) is 3.13. The number of benzene rings is 1. The van der Waals surface area contributed by atoms with Gasteiger partial charge in [-0.15, -0.1) is 0 Å². The van der Waals surface area contributed by atoms with Crippen molar-refractivity contribution in [2.24, 2.45) is 0 Å². The van der Waals surface area contributed by atoms with Crippen LogP contribution in [0.25, 0.3) is 0 Å². The highest BCUT2D eigenvalue weighted by molar-refractivity contribution is 5.52. The summed E-state index contributed by atoms with van der Waals surface area (Å²) < 4.78 is 28.2. The Morgan fingerprint density at radius 3 is 2.56 bits per heavy atom. The van der Waals surface area contributed by atoms with Crippen LogP contribution in [0.3, 0.4) is 0 Å². The smallest absolute Gasteiger partial charge is 0.149 e. The van der Waals surface area contributed by atoms with Crippen molar-refractivity contribution >= 4 is 5.69 Å². The number of hydrogen-bond donors (Lipinski definition) is 1. The van der Waals surface area contributed by atoms with Crippen molar-refractivity contribution in [3.63, 3.8) is 0 Å². The molecule has 1 saturated heterocycles. The van der Waals surface area contributed by atoms with Crippen LogP contribution in [-0.4, -0.2) is 19.6 Å². The third-order valence-electron chi connectivity index (χ3n) is 3.59. The van der Waals surface area contributed by atoms with Gasteiger partial charge in [-0.25, -0.2) is 8.78 Å². The molecule has 1 aliphatic rings. The molecule has 1 aromatic carbocycles. The van der Waals surface area contributed by atoms with Crippen LogP contribution in [0.2, 0.25) is 0 Å². The summed E-state index contributed by atoms with van der Waals surface area (Å²) in [5.74, 6) is -0.888. The molecular weight excluding hydrogens is 234 g/mol. The number of nitrogens with one attached hydrogen (secondary N) is 1. The number of nitrogens with zero attached hydrogens (tertiary/aromatic N) is 1. The molecular formula is C14H20F2N2. The number of hydrogen-bond acceptors (Lipinski definition) is 2. The molecule has 0 bridgehead atoms. The van der Waals surface area contributed by atoms with E-state index in [-0.39, 0.29) is 11.7 Å². The molecule has 0 spiro atoms. The quantitative estimate of drug-likeness (QED) is 0.888. The molecule has 0 amide bonds. The van der Waals surface area contributed by atoms with Gasteiger partial charge in [-0.3, -0.25) is 0 Å². The minimum absolute atomic E-state index is 0.152. The van der Waals surface area contributed by atoms with Crippen LogP contribution >= 0.6 is 0 Å². The first-order chi connectivity index (χ1) is 8.67. The largest absolute Gasteiger partial charge is 0.364 e. The minimum Gasteiger partial charge on any atom is -0.364 e. The van der Waals surface area contributed by atoms with Gasteiger partial charge in [-0.05, 0) is 44.0 Å². The van der Waals surface area contributed by atoms with E-state index >= 15 is 0 Å². The Balaban J connectivity index is 2.33. The highest BCUT2D eigenvalue weighted by atomic mass is 19.1. The van der Waals surface area contributed by atoms with E-state index in [0.29, 0.717) is 12.1 Å². The van der Waals surface area contributed by atoms with Gasteiger partial charge >= 0.3 is 0 Å². The van der Waals surface area contributed by atoms with Crippen LogP contribution in [0.15, 0.2) is 12.1 Å². The van der Waals surface area contributed by atoms with Gasteiger partial charge in [0.15, 0.2) is 0 Å². The van der Waals surface area contributed by atoms with Gasteiger partial charge in [-0.2, -0.15) is 0 Å². The van der Waals surface area contributed by atoms with Crippen molar-refractivity contribution in [3.8, 4) is 0 Å². The predicted octanol–water partition coefficient (Wildman–Crippen LogP) is 3.06. The summed E-state index contributed by atoms with van der Waals surface area (Å²) in [6.45, 7) is 3.29. The van der Waals surface area contributed by atoms with E-state index in [1.165, 1.54) is 12.1 Å². The lowest BCUT2D eigenvalue weighted by Crippen LogP contribution is -2.30. The summed E-state index contributed by atoms with van der Waals surface area (Å²) >= 11 is 0. The molecule has 1 heterocycles. The van der Waals surface area contributed by atoms with E-state index in [4.69, 9.17) is 0 Å². The van der Waals surface area contributed by atoms with Crippen molar-refractivity contribution in [2.45, 2.75) is 38.8 Å². The number of halogens is 2. The highest BCUT2D eigenvalue weighted by Crippen LogP contribution is 2.32. The summed E-state index contributed by atoms with van der Waals surface area (Å²) in [6.07, 6.45) is 2.96. The molecule has 1 unspecified atom stereocenters. The number of rotatable bonds is 4. The molecule has 0 aromatic heterocycles. The molecule has 18 heavy (non-hydrogen) atoms. The first-order valence-corrected chi connectivity index (χ1v) is 6.56. The van der Waals surface area contributed by atoms with Crippen molar-refractivity contribution < 1.29 is 8.78 Å². The first-order valence-electron chi connectivity index (χ1n) is 6.56. The maximum Gasteiger partial charge on any atom is 0.149 e. The molecule has 4 heteroatoms. The zero-order chi connectivity index (χ0) is 13.1. The van der Waals surface area contributed by atoms with Crippen LogP contribution in [-0.2, 0) is 6.54 Å². The van der Waals surface area contributed by atoms with E-state index in [2.05, 4.69) is 12.2 Å². The lowest BCUT2D eigenvalue weighted by Gasteiger charge is -2.27. The Bertz CT molecular complexity index is 397. The second kappa shape index (κ2) is 5.65. The van der Waals surface area contributed by atoms with Crippen molar-refractivity contribution in [3.05, 3.63) is 29.3 Å². The Morgan fingerprint density at radius 1 is 1.33 bits per heavy atom. The van der Waals surface area contributed by atoms with E-state index in [9.17, 15) is 8.78 Å². The Morgan fingerprint density at radius 2 is 2.00 bits per heavy atom. The van der Waals surface area contributed by atoms with Crippen molar-refractivity contribution in [2.75, 3.05) is 18.5 Å². The SMILES string of the molecule is CCC1CCCN1c1c(F)cc(CNC)cc1F. The fourth-order valence-electron chi connectivity index (χ4n) is 2.75. The number of anilines is 1. The predicted molar refractivity (Wildman–Crippen MR) is 69.8 cm³/mol. The topological polar surface area (TPSA) is 15.3 Å². The minimum atomic E-state index is -0.444. The van der Waals surface area contributed by atoms with Gasteiger partial charge in [0, 0.05) is 19.1 Å². The molecule has 1 N–H and O–H groups in total. The molecule has 1 atom stereocenters. The highest BCUT2D eigenvalue weighted by Gasteiger charge is 2.27. The average Bonchev–Trinajstić information content (AvgIpc) is 2.76. The monoisotopic (exact) mass is 254 g/mol. The van der Waals surface area contributed by atoms with Crippen LogP contribution < -0.4 is 10.2 Å². The molecule has 1 fully saturated rings. The fourth-order valence-corrected chi connectivity index (χ4v) is 2.75. The molecule has 1 aromatic rings. The Kier molecular flexibility index (Phi) is 4.17. The summed E-state index contributed by atoms with van der Waals surface area (Å²) in [7, 11) is 1.76. The third kappa shape index (κ3) is 2.48. The molecule has 100 valence electrons. The molecule has 2 rings (SSSR count). The Labute approximate surface area is 107 Å². The molecule has 2 nitrogen and oxygen atoms in total. The van der Waals surface area contributed by atoms with Crippen molar-refractivity contribution in [1.82, 2.24) is 5.32 Å². The third-order valence-corrected chi connectivity index (χ3v) is 3.59. The second-order valence-corrected chi connectivity index (χ2v) is 4.84. The Hall–Kier alpha value is -1.16. The summed E-state index contributed by atoms with van der Waals surface area (Å²) in [5.41, 5.74) is 0.794. The van der Waals surface area contributed by atoms with Gasteiger partial charge in [-0.1, -0.05) is 6.92 Å². The maximum absolute atomic E-state index is 14.1. The summed E-state index contributed by atoms with van der Waals surface area (Å²) in [4.78, 5) is 1.88. The maximum atomic E-state index is 14.1. The lowest BCUT2D eigenvalue weighted by atomic mass is 10.1. The first kappa shape index (κ1) is 13.3. The van der Waals surface area contributed by atoms with Crippen LogP contribution in [0, 0.1) is 11.6 Å². The fraction of sp³-hybridized carbons (Fsp3) is 0.571. The summed E-state index contributed by atoms with van der Waals surface area (Å²) in [5, 5.41) is 2.90. The van der Waals surface area contributed by atoms with Gasteiger partial charge in [0.2, 0.25) is 0 Å². The molecule has 0 saturated carbocycles. The average molecular weight is 254 g/mol.